The van der Waals surface area contributed by atoms with Crippen molar-refractivity contribution in [2.45, 2.75) is 32.8 Å². The van der Waals surface area contributed by atoms with Crippen molar-refractivity contribution < 1.29 is 18.3 Å². The second-order valence-corrected chi connectivity index (χ2v) is 3.70. The van der Waals surface area contributed by atoms with Crippen molar-refractivity contribution in [2.24, 2.45) is 0 Å². The summed E-state index contributed by atoms with van der Waals surface area (Å²) in [6, 6.07) is 3.59. The molecule has 2 nitrogen and oxygen atoms in total. The minimum absolute atomic E-state index is 0.239. The quantitative estimate of drug-likeness (QED) is 0.715. The van der Waals surface area contributed by atoms with E-state index in [0.717, 1.165) is 12.5 Å². The van der Waals surface area contributed by atoms with E-state index in [4.69, 9.17) is 4.74 Å². The molecule has 0 spiro atoms. The fraction of sp³-hybridized carbons (Fsp3) is 0.462. The molecule has 0 saturated carbocycles. The molecule has 1 unspecified atom stereocenters. The van der Waals surface area contributed by atoms with Gasteiger partial charge in [-0.25, -0.2) is 8.78 Å². The van der Waals surface area contributed by atoms with Gasteiger partial charge >= 0.3 is 0 Å². The lowest BCUT2D eigenvalue weighted by molar-refractivity contribution is 0.0419. The maximum atomic E-state index is 13.4. The summed E-state index contributed by atoms with van der Waals surface area (Å²) in [5.74, 6) is -2.60. The lowest BCUT2D eigenvalue weighted by atomic mass is 10.0. The van der Waals surface area contributed by atoms with Crippen LogP contribution in [-0.4, -0.2) is 18.5 Å². The highest BCUT2D eigenvalue weighted by Gasteiger charge is 2.23. The standard InChI is InChI=1S/C13H16F2O2/c1-3-6-11(17-4-2)13(16)9-7-5-8-10(14)12(9)15/h5,7-8,11H,3-4,6H2,1-2H3. The normalized spacial score (nSPS) is 12.5. The first-order chi connectivity index (χ1) is 8.11. The lowest BCUT2D eigenvalue weighted by Crippen LogP contribution is -2.25. The van der Waals surface area contributed by atoms with Crippen LogP contribution in [0.15, 0.2) is 18.2 Å². The number of carbonyl (C=O) groups is 1. The van der Waals surface area contributed by atoms with Gasteiger partial charge in [-0.15, -0.1) is 0 Å². The van der Waals surface area contributed by atoms with Crippen LogP contribution in [0.25, 0.3) is 0 Å². The molecule has 0 amide bonds. The number of hydrogen-bond donors (Lipinski definition) is 0. The molecule has 0 fully saturated rings. The van der Waals surface area contributed by atoms with E-state index in [9.17, 15) is 13.6 Å². The molecule has 94 valence electrons. The minimum Gasteiger partial charge on any atom is -0.370 e. The predicted octanol–water partition coefficient (Wildman–Crippen LogP) is 3.35. The van der Waals surface area contributed by atoms with Gasteiger partial charge in [0.05, 0.1) is 5.56 Å². The molecule has 0 saturated heterocycles. The van der Waals surface area contributed by atoms with Gasteiger partial charge in [-0.2, -0.15) is 0 Å². The van der Waals surface area contributed by atoms with Crippen LogP contribution in [0.5, 0.6) is 0 Å². The fourth-order valence-corrected chi connectivity index (χ4v) is 1.62. The third-order valence-corrected chi connectivity index (χ3v) is 2.43. The molecular weight excluding hydrogens is 226 g/mol. The van der Waals surface area contributed by atoms with E-state index in [1.165, 1.54) is 12.1 Å². The summed E-state index contributed by atoms with van der Waals surface area (Å²) >= 11 is 0. The summed E-state index contributed by atoms with van der Waals surface area (Å²) in [4.78, 5) is 12.0. The van der Waals surface area contributed by atoms with E-state index in [1.54, 1.807) is 6.92 Å². The third kappa shape index (κ3) is 3.33. The highest BCUT2D eigenvalue weighted by atomic mass is 19.2. The maximum Gasteiger partial charge on any atom is 0.194 e. The Balaban J connectivity index is 2.96. The van der Waals surface area contributed by atoms with Gasteiger partial charge in [0.1, 0.15) is 6.10 Å². The van der Waals surface area contributed by atoms with Crippen molar-refractivity contribution in [3.63, 3.8) is 0 Å². The van der Waals surface area contributed by atoms with Crippen LogP contribution in [0.4, 0.5) is 8.78 Å². The number of Topliss-reactive ketones (excluding diaryl/α,β-unsaturated/α-hetero) is 1. The second kappa shape index (κ2) is 6.45. The van der Waals surface area contributed by atoms with Gasteiger partial charge in [0.15, 0.2) is 17.4 Å². The number of rotatable bonds is 6. The van der Waals surface area contributed by atoms with Crippen LogP contribution in [0.1, 0.15) is 37.0 Å². The largest absolute Gasteiger partial charge is 0.370 e. The van der Waals surface area contributed by atoms with E-state index >= 15 is 0 Å². The molecule has 17 heavy (non-hydrogen) atoms. The molecule has 0 bridgehead atoms. The summed E-state index contributed by atoms with van der Waals surface area (Å²) in [7, 11) is 0. The molecule has 0 radical (unpaired) electrons. The summed E-state index contributed by atoms with van der Waals surface area (Å²) in [6.07, 6.45) is 0.553. The molecule has 0 aromatic heterocycles. The van der Waals surface area contributed by atoms with Gasteiger partial charge in [0.25, 0.3) is 0 Å². The molecule has 0 heterocycles. The van der Waals surface area contributed by atoms with Crippen LogP contribution in [0, 0.1) is 11.6 Å². The highest BCUT2D eigenvalue weighted by Crippen LogP contribution is 2.16. The van der Waals surface area contributed by atoms with Crippen LogP contribution >= 0.6 is 0 Å². The average Bonchev–Trinajstić information content (AvgIpc) is 2.31. The Hall–Kier alpha value is -1.29. The molecular formula is C13H16F2O2. The van der Waals surface area contributed by atoms with Crippen LogP contribution in [-0.2, 0) is 4.74 Å². The predicted molar refractivity (Wildman–Crippen MR) is 61.0 cm³/mol. The summed E-state index contributed by atoms with van der Waals surface area (Å²) < 4.78 is 31.7. The number of benzene rings is 1. The van der Waals surface area contributed by atoms with E-state index < -0.39 is 23.5 Å². The van der Waals surface area contributed by atoms with Crippen LogP contribution < -0.4 is 0 Å². The number of ether oxygens (including phenoxy) is 1. The minimum atomic E-state index is -1.10. The molecule has 1 rings (SSSR count). The SMILES string of the molecule is CCCC(OCC)C(=O)c1cccc(F)c1F. The summed E-state index contributed by atoms with van der Waals surface area (Å²) in [6.45, 7) is 4.03. The molecule has 1 aromatic carbocycles. The van der Waals surface area contributed by atoms with E-state index in [1.807, 2.05) is 6.92 Å². The second-order valence-electron chi connectivity index (χ2n) is 3.70. The molecule has 0 aliphatic rings. The molecule has 1 atom stereocenters. The first kappa shape index (κ1) is 13.8. The van der Waals surface area contributed by atoms with Crippen molar-refractivity contribution in [3.8, 4) is 0 Å². The zero-order valence-electron chi connectivity index (χ0n) is 10.0. The Labute approximate surface area is 99.6 Å². The zero-order chi connectivity index (χ0) is 12.8. The number of ketones is 1. The Morgan fingerprint density at radius 3 is 2.65 bits per heavy atom. The van der Waals surface area contributed by atoms with Gasteiger partial charge in [-0.05, 0) is 25.5 Å². The van der Waals surface area contributed by atoms with Crippen molar-refractivity contribution >= 4 is 5.78 Å². The van der Waals surface area contributed by atoms with Gasteiger partial charge in [-0.1, -0.05) is 19.4 Å². The summed E-state index contributed by atoms with van der Waals surface area (Å²) in [5.41, 5.74) is -0.239. The topological polar surface area (TPSA) is 26.3 Å². The maximum absolute atomic E-state index is 13.4. The third-order valence-electron chi connectivity index (χ3n) is 2.43. The number of hydrogen-bond acceptors (Lipinski definition) is 2. The molecule has 0 N–H and O–H groups in total. The monoisotopic (exact) mass is 242 g/mol. The number of halogens is 2. The average molecular weight is 242 g/mol. The van der Waals surface area contributed by atoms with Crippen molar-refractivity contribution in [1.82, 2.24) is 0 Å². The van der Waals surface area contributed by atoms with E-state index in [-0.39, 0.29) is 5.56 Å². The van der Waals surface area contributed by atoms with E-state index in [2.05, 4.69) is 0 Å². The lowest BCUT2D eigenvalue weighted by Gasteiger charge is -2.15. The Bertz CT molecular complexity index is 385. The first-order valence-electron chi connectivity index (χ1n) is 5.71. The Kier molecular flexibility index (Phi) is 5.22. The summed E-state index contributed by atoms with van der Waals surface area (Å²) in [5, 5.41) is 0. The highest BCUT2D eigenvalue weighted by molar-refractivity contribution is 5.99. The fourth-order valence-electron chi connectivity index (χ4n) is 1.62. The van der Waals surface area contributed by atoms with Crippen LogP contribution in [0.3, 0.4) is 0 Å². The van der Waals surface area contributed by atoms with Crippen LogP contribution in [0.2, 0.25) is 0 Å². The van der Waals surface area contributed by atoms with Crippen molar-refractivity contribution in [3.05, 3.63) is 35.4 Å². The van der Waals surface area contributed by atoms with E-state index in [0.29, 0.717) is 13.0 Å². The molecule has 1 aromatic rings. The Morgan fingerprint density at radius 1 is 1.35 bits per heavy atom. The number of carbonyl (C=O) groups excluding carboxylic acids is 1. The van der Waals surface area contributed by atoms with Gasteiger partial charge in [0.2, 0.25) is 0 Å². The zero-order valence-corrected chi connectivity index (χ0v) is 10.0. The molecule has 0 aliphatic heterocycles. The smallest absolute Gasteiger partial charge is 0.194 e. The first-order valence-corrected chi connectivity index (χ1v) is 5.71. The van der Waals surface area contributed by atoms with Gasteiger partial charge in [-0.3, -0.25) is 4.79 Å². The molecule has 4 heteroatoms. The Morgan fingerprint density at radius 2 is 2.06 bits per heavy atom. The molecule has 0 aliphatic carbocycles. The van der Waals surface area contributed by atoms with Crippen molar-refractivity contribution in [1.29, 1.82) is 0 Å². The van der Waals surface area contributed by atoms with Gasteiger partial charge < -0.3 is 4.74 Å². The van der Waals surface area contributed by atoms with Crippen molar-refractivity contribution in [2.75, 3.05) is 6.61 Å². The van der Waals surface area contributed by atoms with Gasteiger partial charge in [0, 0.05) is 6.61 Å².